The van der Waals surface area contributed by atoms with Crippen molar-refractivity contribution in [2.75, 3.05) is 72.6 Å². The minimum absolute atomic E-state index is 0.0320. The second kappa shape index (κ2) is 41.5. The van der Waals surface area contributed by atoms with E-state index < -0.39 is 29.4 Å². The Hall–Kier alpha value is -5.11. The van der Waals surface area contributed by atoms with E-state index in [1.807, 2.05) is 24.3 Å². The Labute approximate surface area is 676 Å². The molecule has 10 rings (SSSR count). The van der Waals surface area contributed by atoms with Gasteiger partial charge in [-0.2, -0.15) is 26.3 Å². The summed E-state index contributed by atoms with van der Waals surface area (Å²) in [4.78, 5) is 12.9. The molecule has 17 heteroatoms. The van der Waals surface area contributed by atoms with Gasteiger partial charge >= 0.3 is 12.4 Å². The number of aliphatic hydroxyl groups is 1. The van der Waals surface area contributed by atoms with Crippen molar-refractivity contribution in [3.63, 3.8) is 0 Å². The molecule has 4 aromatic carbocycles. The number of allylic oxidation sites excluding steroid dienone is 4. The van der Waals surface area contributed by atoms with Crippen molar-refractivity contribution in [2.24, 2.45) is 5.41 Å². The molecule has 1 saturated carbocycles. The molecule has 113 heavy (non-hydrogen) atoms. The molecule has 5 aliphatic heterocycles. The van der Waals surface area contributed by atoms with Crippen LogP contribution in [0, 0.1) is 11.2 Å². The number of ether oxygens (including phenoxy) is 2. The molecule has 6 aliphatic rings. The highest BCUT2D eigenvalue weighted by atomic mass is 19.4. The van der Waals surface area contributed by atoms with Crippen LogP contribution >= 0.6 is 0 Å². The molecule has 1 N–H and O–H groups in total. The van der Waals surface area contributed by atoms with E-state index in [-0.39, 0.29) is 51.2 Å². The molecule has 1 aliphatic carbocycles. The number of rotatable bonds is 23. The van der Waals surface area contributed by atoms with Crippen LogP contribution in [0.15, 0.2) is 144 Å². The van der Waals surface area contributed by atoms with Crippen molar-refractivity contribution in [1.82, 2.24) is 24.5 Å². The minimum Gasteiger partial charge on any atom is -0.393 e. The smallest absolute Gasteiger partial charge is 0.393 e. The van der Waals surface area contributed by atoms with Crippen LogP contribution in [0.25, 0.3) is 0 Å². The third kappa shape index (κ3) is 29.7. The second-order valence-electron chi connectivity index (χ2n) is 38.0. The fraction of sp³-hybridized carbons (Fsp3) is 0.667. The molecule has 0 amide bonds. The van der Waals surface area contributed by atoms with Crippen LogP contribution in [0.3, 0.4) is 0 Å². The molecule has 1 spiro atoms. The summed E-state index contributed by atoms with van der Waals surface area (Å²) in [7, 11) is 1.77. The molecule has 6 fully saturated rings. The number of benzene rings is 4. The van der Waals surface area contributed by atoms with Gasteiger partial charge < -0.3 is 14.6 Å². The number of nitrogens with zero attached hydrogens (tertiary/aromatic N) is 5. The summed E-state index contributed by atoms with van der Waals surface area (Å²) < 4.78 is 129. The summed E-state index contributed by atoms with van der Waals surface area (Å²) in [5, 5.41) is 9.76. The minimum atomic E-state index is -4.30. The zero-order valence-electron chi connectivity index (χ0n) is 72.7. The van der Waals surface area contributed by atoms with Crippen molar-refractivity contribution in [3.8, 4) is 0 Å². The number of aliphatic hydroxyl groups excluding tert-OH is 1. The van der Waals surface area contributed by atoms with Gasteiger partial charge in [-0.25, -0.2) is 13.2 Å². The summed E-state index contributed by atoms with van der Waals surface area (Å²) in [5.41, 5.74) is 8.38. The van der Waals surface area contributed by atoms with Crippen LogP contribution in [0.1, 0.15) is 280 Å². The third-order valence-electron chi connectivity index (χ3n) is 25.3. The average Bonchev–Trinajstić information content (AvgIpc) is 0.814. The highest BCUT2D eigenvalue weighted by Crippen LogP contribution is 2.47. The van der Waals surface area contributed by atoms with Crippen LogP contribution < -0.4 is 0 Å². The van der Waals surface area contributed by atoms with E-state index in [0.29, 0.717) is 41.9 Å². The molecule has 0 bridgehead atoms. The molecule has 0 radical (unpaired) electrons. The Morgan fingerprint density at radius 2 is 0.708 bits per heavy atom. The van der Waals surface area contributed by atoms with E-state index >= 15 is 0 Å². The topological polar surface area (TPSA) is 54.9 Å². The van der Waals surface area contributed by atoms with E-state index in [1.54, 1.807) is 55.6 Å². The number of alkyl halides is 8. The van der Waals surface area contributed by atoms with E-state index in [9.17, 15) is 44.6 Å². The zero-order valence-corrected chi connectivity index (χ0v) is 72.7. The lowest BCUT2D eigenvalue weighted by Gasteiger charge is -2.47. The number of methoxy groups -OCH3 is 1. The summed E-state index contributed by atoms with van der Waals surface area (Å²) >= 11 is 0. The lowest BCUT2D eigenvalue weighted by atomic mass is 9.67. The standard InChI is InChI=1S/C28H44F2N2O.C25H38FN.C22H32F3NO.C21H30F3NO/c1-20(2)16-26(19-27(5,6)23-8-10-24(11-9-23)28(7,29)30)32-14-12-31(13-15-32)25-17-21(3)33-22(4)18-25;1-20(2)18-23(19-24(3,4)21-8-10-22(26)11-9-21)27-16-14-25(15-17-27)12-6-5-7-13-25;1-16(2)14-19(26-12-10-20(27-5)11-13-26)15-21(3,4)17-6-8-18(9-7-17)22(23,24)25;1-15(2)13-18(25-11-9-19(26)10-12-25)14-20(3,4)16-5-7-17(8-6-16)21(22,23)24/h8-11,16,21-22,25-26H,12-15,17-19H2,1-7H3;8-11,18,23H,5-7,12-17,19H2,1-4H3;6-9,14,19-20H,10-13,15H2,1-5H3;5-8,13,18-19,26H,9-12,14H2,1-4H3. The van der Waals surface area contributed by atoms with Gasteiger partial charge in [0, 0.05) is 102 Å². The van der Waals surface area contributed by atoms with Gasteiger partial charge in [-0.1, -0.05) is 182 Å². The van der Waals surface area contributed by atoms with Crippen molar-refractivity contribution < 1.29 is 54.1 Å². The third-order valence-corrected chi connectivity index (χ3v) is 25.3. The number of piperidine rings is 3. The number of piperazine rings is 1. The van der Waals surface area contributed by atoms with E-state index in [0.717, 1.165) is 140 Å². The summed E-state index contributed by atoms with van der Waals surface area (Å²) in [6.07, 6.45) is 21.1. The number of hydrogen-bond donors (Lipinski definition) is 1. The van der Waals surface area contributed by atoms with Gasteiger partial charge in [0.05, 0.1) is 35.5 Å². The molecule has 6 atom stereocenters. The van der Waals surface area contributed by atoms with Gasteiger partial charge in [-0.3, -0.25) is 24.5 Å². The Kier molecular flexibility index (Phi) is 34.9. The molecule has 634 valence electrons. The highest BCUT2D eigenvalue weighted by Gasteiger charge is 2.41. The maximum atomic E-state index is 13.7. The Morgan fingerprint density at radius 1 is 0.416 bits per heavy atom. The second-order valence-corrected chi connectivity index (χ2v) is 38.0. The lowest BCUT2D eigenvalue weighted by Crippen LogP contribution is -2.55. The van der Waals surface area contributed by atoms with Gasteiger partial charge in [0.2, 0.25) is 0 Å². The van der Waals surface area contributed by atoms with Gasteiger partial charge in [0.15, 0.2) is 0 Å². The molecule has 4 aromatic rings. The van der Waals surface area contributed by atoms with Crippen LogP contribution in [0.2, 0.25) is 0 Å². The van der Waals surface area contributed by atoms with Crippen molar-refractivity contribution in [1.29, 1.82) is 0 Å². The van der Waals surface area contributed by atoms with Crippen molar-refractivity contribution in [2.45, 2.75) is 335 Å². The maximum Gasteiger partial charge on any atom is 0.416 e. The summed E-state index contributed by atoms with van der Waals surface area (Å²) in [5.74, 6) is -2.95. The van der Waals surface area contributed by atoms with Gasteiger partial charge in [0.25, 0.3) is 5.92 Å². The summed E-state index contributed by atoms with van der Waals surface area (Å²) in [6, 6.07) is 27.1. The van der Waals surface area contributed by atoms with Gasteiger partial charge in [0.1, 0.15) is 5.82 Å². The number of likely N-dealkylation sites (tertiary alicyclic amines) is 3. The maximum absolute atomic E-state index is 13.7. The normalized spacial score (nSPS) is 21.7. The molecular formula is C96H144F9N5O3. The van der Waals surface area contributed by atoms with Crippen molar-refractivity contribution in [3.05, 3.63) is 188 Å². The molecule has 5 saturated heterocycles. The number of hydrogen-bond acceptors (Lipinski definition) is 8. The quantitative estimate of drug-likeness (QED) is 0.0582. The van der Waals surface area contributed by atoms with E-state index in [4.69, 9.17) is 9.47 Å². The average molecular weight is 1590 g/mol. The van der Waals surface area contributed by atoms with Crippen LogP contribution in [-0.2, 0) is 49.4 Å². The Bertz CT molecular complexity index is 3580. The zero-order chi connectivity index (χ0) is 83.7. The molecule has 6 unspecified atom stereocenters. The van der Waals surface area contributed by atoms with Crippen LogP contribution in [0.4, 0.5) is 39.5 Å². The number of halogens is 9. The first-order chi connectivity index (χ1) is 52.7. The SMILES string of the molecule is CC(C)=CC(CC(C)(C)c1ccc(C(C)(F)F)cc1)N1CCN(C2CC(C)OC(C)C2)CC1.CC(C)=CC(CC(C)(C)c1ccc(C(F)(F)F)cc1)N1CCC(O)CC1.CC(C)=CC(CC(C)(C)c1ccc(F)cc1)N1CCC2(CCCCC2)CC1.COC1CCN(C(C=C(C)C)CC(C)(C)c2ccc(C(F)(F)F)cc2)CC1. The summed E-state index contributed by atoms with van der Waals surface area (Å²) in [6.45, 7) is 50.3. The lowest BCUT2D eigenvalue weighted by molar-refractivity contribution is -0.138. The van der Waals surface area contributed by atoms with Crippen molar-refractivity contribution >= 4 is 0 Å². The first kappa shape index (κ1) is 95.0. The van der Waals surface area contributed by atoms with E-state index in [2.05, 4.69) is 173 Å². The molecule has 5 heterocycles. The van der Waals surface area contributed by atoms with Crippen LogP contribution in [0.5, 0.6) is 0 Å². The fourth-order valence-electron chi connectivity index (χ4n) is 18.5. The van der Waals surface area contributed by atoms with E-state index in [1.165, 1.54) is 110 Å². The largest absolute Gasteiger partial charge is 0.416 e. The first-order valence-electron chi connectivity index (χ1n) is 42.4. The van der Waals surface area contributed by atoms with Gasteiger partial charge in [-0.15, -0.1) is 0 Å². The Balaban J connectivity index is 0.000000210. The Morgan fingerprint density at radius 3 is 1.02 bits per heavy atom. The van der Waals surface area contributed by atoms with Crippen LogP contribution in [-0.4, -0.2) is 157 Å². The molecule has 0 aromatic heterocycles. The predicted molar refractivity (Wildman–Crippen MR) is 450 cm³/mol. The molecular weight excluding hydrogens is 1440 g/mol. The fourth-order valence-corrected chi connectivity index (χ4v) is 18.5. The highest BCUT2D eigenvalue weighted by molar-refractivity contribution is 5.34. The first-order valence-corrected chi connectivity index (χ1v) is 42.4. The monoisotopic (exact) mass is 1590 g/mol. The van der Waals surface area contributed by atoms with Gasteiger partial charge in [-0.05, 0) is 258 Å². The predicted octanol–water partition coefficient (Wildman–Crippen LogP) is 24.2. The molecule has 8 nitrogen and oxygen atoms in total.